The maximum absolute atomic E-state index is 5.24. The summed E-state index contributed by atoms with van der Waals surface area (Å²) < 4.78 is 5.24. The van der Waals surface area contributed by atoms with Gasteiger partial charge in [0.2, 0.25) is 0 Å². The van der Waals surface area contributed by atoms with Gasteiger partial charge in [-0.3, -0.25) is 0 Å². The standard InChI is InChI=1S/C9H8O.10H2O/c1-2-6-9-8(4-1)5-3-7-10-9;;;;;;;;;;/h1-4,6-7H,5H2;10*1H2. The molecule has 0 bridgehead atoms. The highest BCUT2D eigenvalue weighted by molar-refractivity contribution is 5.36. The minimum Gasteiger partial charge on any atom is -0.465 e. The first-order chi connectivity index (χ1) is 4.97. The largest absolute Gasteiger partial charge is 0.465 e. The van der Waals surface area contributed by atoms with Crippen LogP contribution in [0.4, 0.5) is 0 Å². The van der Waals surface area contributed by atoms with Crippen LogP contribution >= 0.6 is 0 Å². The topological polar surface area (TPSA) is 324 Å². The predicted molar refractivity (Wildman–Crippen MR) is 76.1 cm³/mol. The van der Waals surface area contributed by atoms with Gasteiger partial charge in [0, 0.05) is 0 Å². The Kier molecular flexibility index (Phi) is 96.0. The lowest BCUT2D eigenvalue weighted by Crippen LogP contribution is -1.94. The molecule has 0 radical (unpaired) electrons. The molecule has 0 saturated heterocycles. The van der Waals surface area contributed by atoms with Crippen molar-refractivity contribution in [1.29, 1.82) is 0 Å². The van der Waals surface area contributed by atoms with Gasteiger partial charge in [0.15, 0.2) is 0 Å². The van der Waals surface area contributed by atoms with Crippen LogP contribution in [0, 0.1) is 0 Å². The van der Waals surface area contributed by atoms with Crippen LogP contribution in [-0.2, 0) is 6.42 Å². The van der Waals surface area contributed by atoms with E-state index in [0.29, 0.717) is 0 Å². The summed E-state index contributed by atoms with van der Waals surface area (Å²) in [5.41, 5.74) is 1.27. The fourth-order valence-electron chi connectivity index (χ4n) is 1.08. The third-order valence-corrected chi connectivity index (χ3v) is 1.60. The van der Waals surface area contributed by atoms with Gasteiger partial charge in [-0.1, -0.05) is 18.2 Å². The Morgan fingerprint density at radius 2 is 1.10 bits per heavy atom. The van der Waals surface area contributed by atoms with Crippen LogP contribution in [0.5, 0.6) is 5.75 Å². The number of hydrogen-bond donors (Lipinski definition) is 0. The highest BCUT2D eigenvalue weighted by Gasteiger charge is 2.02. The van der Waals surface area contributed by atoms with Crippen LogP contribution < -0.4 is 4.74 Å². The van der Waals surface area contributed by atoms with Gasteiger partial charge in [-0.05, 0) is 24.1 Å². The molecule has 11 nitrogen and oxygen atoms in total. The third-order valence-electron chi connectivity index (χ3n) is 1.60. The minimum absolute atomic E-state index is 0. The molecule has 1 aliphatic rings. The molecule has 1 heterocycles. The van der Waals surface area contributed by atoms with Crippen molar-refractivity contribution in [2.24, 2.45) is 0 Å². The van der Waals surface area contributed by atoms with Crippen LogP contribution in [0.1, 0.15) is 5.56 Å². The fourth-order valence-corrected chi connectivity index (χ4v) is 1.08. The molecule has 0 spiro atoms. The quantitative estimate of drug-likeness (QED) is 0.443. The van der Waals surface area contributed by atoms with Crippen LogP contribution in [0.3, 0.4) is 0 Å². The van der Waals surface area contributed by atoms with E-state index in [1.807, 2.05) is 24.3 Å². The normalized spacial score (nSPS) is 7.00. The molecule has 0 atom stereocenters. The second kappa shape index (κ2) is 30.4. The SMILES string of the molecule is C1=COc2ccccc2C1.O.O.O.O.O.O.O.O.O.O. The van der Waals surface area contributed by atoms with E-state index in [1.54, 1.807) is 6.26 Å². The zero-order chi connectivity index (χ0) is 6.81. The van der Waals surface area contributed by atoms with Crippen molar-refractivity contribution >= 4 is 0 Å². The average molecular weight is 312 g/mol. The summed E-state index contributed by atoms with van der Waals surface area (Å²) in [5.74, 6) is 0.991. The molecule has 0 aromatic heterocycles. The van der Waals surface area contributed by atoms with Crippen molar-refractivity contribution in [3.05, 3.63) is 42.2 Å². The van der Waals surface area contributed by atoms with Crippen molar-refractivity contribution in [2.45, 2.75) is 6.42 Å². The molecule has 0 saturated carbocycles. The molecular weight excluding hydrogens is 284 g/mol. The molecule has 1 aliphatic heterocycles. The number of rotatable bonds is 0. The zero-order valence-corrected chi connectivity index (χ0v) is 10.6. The molecule has 11 heteroatoms. The number of benzene rings is 1. The molecule has 2 rings (SSSR count). The summed E-state index contributed by atoms with van der Waals surface area (Å²) in [7, 11) is 0. The van der Waals surface area contributed by atoms with Gasteiger partial charge < -0.3 is 59.5 Å². The lowest BCUT2D eigenvalue weighted by Gasteiger charge is -2.09. The molecule has 0 amide bonds. The molecule has 1 aromatic rings. The molecule has 0 unspecified atom stereocenters. The Morgan fingerprint density at radius 3 is 1.55 bits per heavy atom. The summed E-state index contributed by atoms with van der Waals surface area (Å²) in [6.45, 7) is 0. The van der Waals surface area contributed by atoms with E-state index >= 15 is 0 Å². The van der Waals surface area contributed by atoms with E-state index in [4.69, 9.17) is 4.74 Å². The first kappa shape index (κ1) is 63.2. The lowest BCUT2D eigenvalue weighted by atomic mass is 10.1. The van der Waals surface area contributed by atoms with Crippen LogP contribution in [0.25, 0.3) is 0 Å². The summed E-state index contributed by atoms with van der Waals surface area (Å²) in [4.78, 5) is 0. The number of ether oxygens (including phenoxy) is 1. The van der Waals surface area contributed by atoms with E-state index in [0.717, 1.165) is 12.2 Å². The Labute approximate surface area is 115 Å². The molecule has 0 aliphatic carbocycles. The van der Waals surface area contributed by atoms with E-state index in [9.17, 15) is 0 Å². The smallest absolute Gasteiger partial charge is 0.130 e. The van der Waals surface area contributed by atoms with Crippen LogP contribution in [0.2, 0.25) is 0 Å². The van der Waals surface area contributed by atoms with Gasteiger partial charge >= 0.3 is 0 Å². The van der Waals surface area contributed by atoms with Crippen molar-refractivity contribution in [3.63, 3.8) is 0 Å². The van der Waals surface area contributed by atoms with Crippen molar-refractivity contribution in [2.75, 3.05) is 0 Å². The number of hydrogen-bond acceptors (Lipinski definition) is 1. The minimum atomic E-state index is 0. The highest BCUT2D eigenvalue weighted by atomic mass is 16.5. The van der Waals surface area contributed by atoms with E-state index in [1.165, 1.54) is 5.56 Å². The molecule has 1 aromatic carbocycles. The first-order valence-corrected chi connectivity index (χ1v) is 3.36. The van der Waals surface area contributed by atoms with Gasteiger partial charge in [0.25, 0.3) is 0 Å². The van der Waals surface area contributed by atoms with E-state index < -0.39 is 0 Å². The third kappa shape index (κ3) is 14.4. The van der Waals surface area contributed by atoms with Crippen molar-refractivity contribution in [3.8, 4) is 5.75 Å². The summed E-state index contributed by atoms with van der Waals surface area (Å²) in [6.07, 6.45) is 4.75. The Morgan fingerprint density at radius 1 is 0.650 bits per heavy atom. The van der Waals surface area contributed by atoms with Crippen LogP contribution in [-0.4, -0.2) is 54.8 Å². The number of para-hydroxylation sites is 1. The lowest BCUT2D eigenvalue weighted by molar-refractivity contribution is 0.464. The van der Waals surface area contributed by atoms with Gasteiger partial charge in [-0.25, -0.2) is 0 Å². The second-order valence-corrected chi connectivity index (χ2v) is 2.30. The molecular formula is C9H28O11. The van der Waals surface area contributed by atoms with Crippen molar-refractivity contribution in [1.82, 2.24) is 0 Å². The van der Waals surface area contributed by atoms with Gasteiger partial charge in [-0.15, -0.1) is 0 Å². The first-order valence-electron chi connectivity index (χ1n) is 3.36. The summed E-state index contributed by atoms with van der Waals surface area (Å²) in [6, 6.07) is 8.08. The molecule has 20 N–H and O–H groups in total. The Bertz CT molecular complexity index is 251. The van der Waals surface area contributed by atoms with Gasteiger partial charge in [0.05, 0.1) is 6.26 Å². The molecule has 0 fully saturated rings. The van der Waals surface area contributed by atoms with Gasteiger partial charge in [-0.2, -0.15) is 0 Å². The Hall–Kier alpha value is -1.64. The monoisotopic (exact) mass is 312 g/mol. The maximum Gasteiger partial charge on any atom is 0.130 e. The average Bonchev–Trinajstić information content (AvgIpc) is 2.05. The molecule has 130 valence electrons. The summed E-state index contributed by atoms with van der Waals surface area (Å²) >= 11 is 0. The highest BCUT2D eigenvalue weighted by Crippen LogP contribution is 2.21. The second-order valence-electron chi connectivity index (χ2n) is 2.30. The predicted octanol–water partition coefficient (Wildman–Crippen LogP) is -6.11. The van der Waals surface area contributed by atoms with Crippen LogP contribution in [0.15, 0.2) is 36.6 Å². The van der Waals surface area contributed by atoms with Gasteiger partial charge in [0.1, 0.15) is 5.75 Å². The summed E-state index contributed by atoms with van der Waals surface area (Å²) in [5, 5.41) is 0. The fraction of sp³-hybridized carbons (Fsp3) is 0.111. The van der Waals surface area contributed by atoms with E-state index in [-0.39, 0.29) is 54.8 Å². The van der Waals surface area contributed by atoms with E-state index in [2.05, 4.69) is 6.07 Å². The Balaban J connectivity index is -0.0000000173. The number of fused-ring (bicyclic) bond motifs is 1. The number of allylic oxidation sites excluding steroid dienone is 1. The van der Waals surface area contributed by atoms with Crippen molar-refractivity contribution < 1.29 is 59.5 Å². The maximum atomic E-state index is 5.24. The zero-order valence-electron chi connectivity index (χ0n) is 10.6. The molecule has 20 heavy (non-hydrogen) atoms.